The molecule has 162 valence electrons. The Morgan fingerprint density at radius 1 is 1.20 bits per heavy atom. The lowest BCUT2D eigenvalue weighted by Crippen LogP contribution is -2.48. The first-order chi connectivity index (χ1) is 14.7. The van der Waals surface area contributed by atoms with Crippen molar-refractivity contribution in [2.75, 3.05) is 51.8 Å². The van der Waals surface area contributed by atoms with E-state index >= 15 is 0 Å². The molecule has 30 heavy (non-hydrogen) atoms. The number of aliphatic imine (C=N–C) groups is 1. The Hall–Kier alpha value is -2.57. The maximum Gasteiger partial charge on any atom is 0.194 e. The second kappa shape index (κ2) is 11.6. The number of rotatable bonds is 8. The van der Waals surface area contributed by atoms with E-state index in [1.807, 2.05) is 0 Å². The number of ether oxygens (including phenoxy) is 2. The Kier molecular flexibility index (Phi) is 8.53. The van der Waals surface area contributed by atoms with E-state index < -0.39 is 0 Å². The molecule has 0 saturated carbocycles. The number of methoxy groups -OCH3 is 1. The maximum atomic E-state index is 6.08. The van der Waals surface area contributed by atoms with Gasteiger partial charge in [-0.2, -0.15) is 0 Å². The van der Waals surface area contributed by atoms with E-state index in [9.17, 15) is 0 Å². The standard InChI is InChI=1S/C24H34N4O2/c1-4-25-24(27-17-20-9-11-21(12-10-20)26-13-15-29-3)28-14-16-30-23(18-28)22-8-6-5-7-19(22)2/h5-12,23,26H,4,13-18H2,1-3H3,(H,25,27). The van der Waals surface area contributed by atoms with Gasteiger partial charge in [0.15, 0.2) is 5.96 Å². The summed E-state index contributed by atoms with van der Waals surface area (Å²) in [5, 5.41) is 6.79. The number of hydrogen-bond acceptors (Lipinski definition) is 4. The monoisotopic (exact) mass is 410 g/mol. The third-order valence-electron chi connectivity index (χ3n) is 5.24. The molecule has 1 heterocycles. The summed E-state index contributed by atoms with van der Waals surface area (Å²) in [7, 11) is 1.71. The second-order valence-electron chi connectivity index (χ2n) is 7.45. The van der Waals surface area contributed by atoms with Gasteiger partial charge in [0.05, 0.1) is 26.3 Å². The van der Waals surface area contributed by atoms with Crippen LogP contribution in [0.5, 0.6) is 0 Å². The first-order valence-corrected chi connectivity index (χ1v) is 10.7. The Labute approximate surface area is 180 Å². The van der Waals surface area contributed by atoms with Gasteiger partial charge in [0.1, 0.15) is 6.10 Å². The highest BCUT2D eigenvalue weighted by molar-refractivity contribution is 5.80. The summed E-state index contributed by atoms with van der Waals surface area (Å²) < 4.78 is 11.2. The third kappa shape index (κ3) is 6.21. The van der Waals surface area contributed by atoms with Crippen molar-refractivity contribution in [2.24, 2.45) is 4.99 Å². The fourth-order valence-electron chi connectivity index (χ4n) is 3.60. The molecule has 6 nitrogen and oxygen atoms in total. The van der Waals surface area contributed by atoms with E-state index in [0.29, 0.717) is 19.8 Å². The molecule has 0 radical (unpaired) electrons. The van der Waals surface area contributed by atoms with Gasteiger partial charge in [0.2, 0.25) is 0 Å². The first-order valence-electron chi connectivity index (χ1n) is 10.7. The van der Waals surface area contributed by atoms with Gasteiger partial charge in [-0.05, 0) is 42.7 Å². The zero-order chi connectivity index (χ0) is 21.2. The Balaban J connectivity index is 1.64. The van der Waals surface area contributed by atoms with Crippen LogP contribution in [0.3, 0.4) is 0 Å². The van der Waals surface area contributed by atoms with Gasteiger partial charge in [0.25, 0.3) is 0 Å². The van der Waals surface area contributed by atoms with Crippen molar-refractivity contribution in [1.82, 2.24) is 10.2 Å². The number of nitrogens with zero attached hydrogens (tertiary/aromatic N) is 2. The summed E-state index contributed by atoms with van der Waals surface area (Å²) in [5.74, 6) is 0.946. The largest absolute Gasteiger partial charge is 0.383 e. The second-order valence-corrected chi connectivity index (χ2v) is 7.45. The predicted octanol–water partition coefficient (Wildman–Crippen LogP) is 3.59. The SMILES string of the molecule is CCNC(=NCc1ccc(NCCOC)cc1)N1CCOC(c2ccccc2C)C1. The Morgan fingerprint density at radius 2 is 2.00 bits per heavy atom. The first kappa shape index (κ1) is 22.1. The van der Waals surface area contributed by atoms with Crippen LogP contribution in [0.25, 0.3) is 0 Å². The smallest absolute Gasteiger partial charge is 0.194 e. The van der Waals surface area contributed by atoms with Crippen LogP contribution in [-0.4, -0.2) is 57.4 Å². The quantitative estimate of drug-likeness (QED) is 0.396. The van der Waals surface area contributed by atoms with Crippen molar-refractivity contribution in [3.8, 4) is 0 Å². The number of anilines is 1. The van der Waals surface area contributed by atoms with Crippen molar-refractivity contribution in [2.45, 2.75) is 26.5 Å². The van der Waals surface area contributed by atoms with E-state index in [-0.39, 0.29) is 6.10 Å². The zero-order valence-corrected chi connectivity index (χ0v) is 18.4. The van der Waals surface area contributed by atoms with Crippen LogP contribution in [-0.2, 0) is 16.0 Å². The van der Waals surface area contributed by atoms with Crippen molar-refractivity contribution in [1.29, 1.82) is 0 Å². The number of morpholine rings is 1. The summed E-state index contributed by atoms with van der Waals surface area (Å²) in [6, 6.07) is 16.9. The average Bonchev–Trinajstić information content (AvgIpc) is 2.78. The van der Waals surface area contributed by atoms with Crippen molar-refractivity contribution < 1.29 is 9.47 Å². The normalized spacial score (nSPS) is 17.1. The van der Waals surface area contributed by atoms with Crippen LogP contribution < -0.4 is 10.6 Å². The fraction of sp³-hybridized carbons (Fsp3) is 0.458. The summed E-state index contributed by atoms with van der Waals surface area (Å²) in [6.07, 6.45) is 0.0706. The Bertz CT molecular complexity index is 807. The van der Waals surface area contributed by atoms with Crippen LogP contribution in [0.1, 0.15) is 29.7 Å². The molecule has 1 aliphatic heterocycles. The summed E-state index contributed by atoms with van der Waals surface area (Å²) in [5.41, 5.74) is 4.81. The molecule has 2 N–H and O–H groups in total. The topological polar surface area (TPSA) is 58.1 Å². The molecule has 1 unspecified atom stereocenters. The van der Waals surface area contributed by atoms with Crippen LogP contribution in [0.4, 0.5) is 5.69 Å². The van der Waals surface area contributed by atoms with Crippen molar-refractivity contribution in [3.63, 3.8) is 0 Å². The molecule has 1 fully saturated rings. The third-order valence-corrected chi connectivity index (χ3v) is 5.24. The molecule has 1 saturated heterocycles. The number of hydrogen-bond donors (Lipinski definition) is 2. The summed E-state index contributed by atoms with van der Waals surface area (Å²) >= 11 is 0. The highest BCUT2D eigenvalue weighted by atomic mass is 16.5. The maximum absolute atomic E-state index is 6.08. The molecule has 6 heteroatoms. The van der Waals surface area contributed by atoms with Gasteiger partial charge >= 0.3 is 0 Å². The van der Waals surface area contributed by atoms with Gasteiger partial charge in [0, 0.05) is 32.4 Å². The van der Waals surface area contributed by atoms with E-state index in [1.54, 1.807) is 7.11 Å². The molecular weight excluding hydrogens is 376 g/mol. The molecule has 2 aromatic carbocycles. The van der Waals surface area contributed by atoms with Crippen molar-refractivity contribution in [3.05, 3.63) is 65.2 Å². The van der Waals surface area contributed by atoms with Crippen molar-refractivity contribution >= 4 is 11.6 Å². The number of aryl methyl sites for hydroxylation is 1. The summed E-state index contributed by atoms with van der Waals surface area (Å²) in [6.45, 7) is 9.58. The molecular formula is C24H34N4O2. The number of benzene rings is 2. The van der Waals surface area contributed by atoms with E-state index in [0.717, 1.165) is 37.8 Å². The van der Waals surface area contributed by atoms with Gasteiger partial charge in [-0.15, -0.1) is 0 Å². The van der Waals surface area contributed by atoms with Gasteiger partial charge in [-0.1, -0.05) is 36.4 Å². The van der Waals surface area contributed by atoms with Gasteiger partial charge in [-0.25, -0.2) is 4.99 Å². The van der Waals surface area contributed by atoms with Gasteiger partial charge in [-0.3, -0.25) is 0 Å². The van der Waals surface area contributed by atoms with Gasteiger partial charge < -0.3 is 25.0 Å². The highest BCUT2D eigenvalue weighted by Gasteiger charge is 2.25. The lowest BCUT2D eigenvalue weighted by molar-refractivity contribution is -0.00834. The molecule has 0 aliphatic carbocycles. The minimum Gasteiger partial charge on any atom is -0.383 e. The molecule has 1 aliphatic rings. The van der Waals surface area contributed by atoms with E-state index in [1.165, 1.54) is 16.7 Å². The number of guanidine groups is 1. The van der Waals surface area contributed by atoms with Crippen LogP contribution in [0, 0.1) is 6.92 Å². The fourth-order valence-corrected chi connectivity index (χ4v) is 3.60. The Morgan fingerprint density at radius 3 is 2.73 bits per heavy atom. The lowest BCUT2D eigenvalue weighted by atomic mass is 10.0. The average molecular weight is 411 g/mol. The van der Waals surface area contributed by atoms with Crippen LogP contribution in [0.2, 0.25) is 0 Å². The molecule has 2 aromatic rings. The molecule has 0 bridgehead atoms. The highest BCUT2D eigenvalue weighted by Crippen LogP contribution is 2.25. The van der Waals surface area contributed by atoms with E-state index in [2.05, 4.69) is 77.9 Å². The minimum atomic E-state index is 0.0706. The van der Waals surface area contributed by atoms with Crippen LogP contribution in [0.15, 0.2) is 53.5 Å². The van der Waals surface area contributed by atoms with E-state index in [4.69, 9.17) is 14.5 Å². The molecule has 1 atom stereocenters. The van der Waals surface area contributed by atoms with Crippen LogP contribution >= 0.6 is 0 Å². The lowest BCUT2D eigenvalue weighted by Gasteiger charge is -2.35. The molecule has 3 rings (SSSR count). The summed E-state index contributed by atoms with van der Waals surface area (Å²) in [4.78, 5) is 7.21. The molecule has 0 amide bonds. The minimum absolute atomic E-state index is 0.0706. The number of nitrogens with one attached hydrogen (secondary N) is 2. The molecule has 0 spiro atoms. The zero-order valence-electron chi connectivity index (χ0n) is 18.4. The predicted molar refractivity (Wildman–Crippen MR) is 123 cm³/mol. The molecule has 0 aromatic heterocycles.